The fourth-order valence-electron chi connectivity index (χ4n) is 2.05. The maximum absolute atomic E-state index is 12.1. The summed E-state index contributed by atoms with van der Waals surface area (Å²) in [4.78, 5) is 26.1. The highest BCUT2D eigenvalue weighted by Crippen LogP contribution is 2.13. The number of nitrogens with zero attached hydrogens (tertiary/aromatic N) is 1. The number of hydrogen-bond acceptors (Lipinski definition) is 4. The molecule has 23 heavy (non-hydrogen) atoms. The van der Waals surface area contributed by atoms with Gasteiger partial charge in [0.2, 0.25) is 0 Å². The van der Waals surface area contributed by atoms with Crippen molar-refractivity contribution in [1.29, 1.82) is 0 Å². The molecule has 1 N–H and O–H groups in total. The van der Waals surface area contributed by atoms with E-state index in [2.05, 4.69) is 5.32 Å². The van der Waals surface area contributed by atoms with Gasteiger partial charge in [-0.3, -0.25) is 9.59 Å². The van der Waals surface area contributed by atoms with Crippen LogP contribution in [0.1, 0.15) is 20.7 Å². The Hall–Kier alpha value is -2.82. The molecule has 5 nitrogen and oxygen atoms in total. The molecule has 0 saturated carbocycles. The van der Waals surface area contributed by atoms with Crippen molar-refractivity contribution in [3.63, 3.8) is 0 Å². The lowest BCUT2D eigenvalue weighted by atomic mass is 10.1. The van der Waals surface area contributed by atoms with E-state index in [4.69, 9.17) is 4.74 Å². The average molecular weight is 312 g/mol. The lowest BCUT2D eigenvalue weighted by molar-refractivity contribution is 0.0904. The van der Waals surface area contributed by atoms with Gasteiger partial charge < -0.3 is 15.0 Å². The Morgan fingerprint density at radius 3 is 2.04 bits per heavy atom. The highest BCUT2D eigenvalue weighted by Gasteiger charge is 2.10. The monoisotopic (exact) mass is 312 g/mol. The fourth-order valence-corrected chi connectivity index (χ4v) is 2.05. The molecule has 0 saturated heterocycles. The number of ether oxygens (including phenoxy) is 1. The van der Waals surface area contributed by atoms with Crippen molar-refractivity contribution in [2.75, 3.05) is 32.6 Å². The maximum atomic E-state index is 12.1. The molecule has 0 fully saturated rings. The second kappa shape index (κ2) is 7.45. The van der Waals surface area contributed by atoms with Crippen LogP contribution in [-0.2, 0) is 0 Å². The van der Waals surface area contributed by atoms with Crippen LogP contribution >= 0.6 is 0 Å². The number of carbonyl (C=O) groups excluding carboxylic acids is 2. The molecular weight excluding hydrogens is 292 g/mol. The van der Waals surface area contributed by atoms with Gasteiger partial charge in [0.05, 0.1) is 13.7 Å². The molecule has 1 amide bonds. The van der Waals surface area contributed by atoms with Crippen molar-refractivity contribution in [1.82, 2.24) is 5.32 Å². The van der Waals surface area contributed by atoms with Crippen LogP contribution in [0.3, 0.4) is 0 Å². The molecule has 0 heterocycles. The Balaban J connectivity index is 1.93. The molecule has 0 atom stereocenters. The minimum atomic E-state index is -0.286. The van der Waals surface area contributed by atoms with E-state index in [1.165, 1.54) is 0 Å². The van der Waals surface area contributed by atoms with Crippen molar-refractivity contribution in [2.24, 2.45) is 0 Å². The molecule has 120 valence electrons. The number of rotatable bonds is 6. The Morgan fingerprint density at radius 2 is 1.52 bits per heavy atom. The molecule has 0 spiro atoms. The number of amides is 1. The Bertz CT molecular complexity index is 676. The molecule has 2 aromatic carbocycles. The molecular formula is C18H20N2O3. The topological polar surface area (TPSA) is 58.6 Å². The van der Waals surface area contributed by atoms with Crippen LogP contribution in [0.4, 0.5) is 5.69 Å². The minimum absolute atomic E-state index is 0.0355. The number of methoxy groups -OCH3 is 1. The lowest BCUT2D eigenvalue weighted by Crippen LogP contribution is -2.29. The summed E-state index contributed by atoms with van der Waals surface area (Å²) in [6, 6.07) is 14.0. The van der Waals surface area contributed by atoms with Crippen LogP contribution in [0.25, 0.3) is 0 Å². The number of anilines is 1. The summed E-state index contributed by atoms with van der Waals surface area (Å²) in [6.07, 6.45) is 0. The number of carbonyl (C=O) groups is 2. The van der Waals surface area contributed by atoms with E-state index in [1.54, 1.807) is 43.5 Å². The summed E-state index contributed by atoms with van der Waals surface area (Å²) in [5, 5.41) is 2.63. The van der Waals surface area contributed by atoms with Crippen LogP contribution in [0.2, 0.25) is 0 Å². The zero-order valence-corrected chi connectivity index (χ0v) is 13.5. The maximum Gasteiger partial charge on any atom is 0.251 e. The third-order valence-corrected chi connectivity index (χ3v) is 3.47. The van der Waals surface area contributed by atoms with E-state index in [1.807, 2.05) is 31.1 Å². The van der Waals surface area contributed by atoms with Gasteiger partial charge in [-0.1, -0.05) is 0 Å². The second-order valence-corrected chi connectivity index (χ2v) is 5.28. The summed E-state index contributed by atoms with van der Waals surface area (Å²) >= 11 is 0. The molecule has 2 aromatic rings. The van der Waals surface area contributed by atoms with Crippen molar-refractivity contribution in [2.45, 2.75) is 0 Å². The number of hydrogen-bond donors (Lipinski definition) is 1. The minimum Gasteiger partial charge on any atom is -0.497 e. The van der Waals surface area contributed by atoms with E-state index >= 15 is 0 Å². The van der Waals surface area contributed by atoms with Crippen molar-refractivity contribution in [3.8, 4) is 5.75 Å². The van der Waals surface area contributed by atoms with Crippen molar-refractivity contribution in [3.05, 3.63) is 59.7 Å². The van der Waals surface area contributed by atoms with Gasteiger partial charge in [-0.25, -0.2) is 0 Å². The van der Waals surface area contributed by atoms with Gasteiger partial charge in [0.25, 0.3) is 5.91 Å². The molecule has 0 aliphatic heterocycles. The summed E-state index contributed by atoms with van der Waals surface area (Å²) < 4.78 is 5.04. The van der Waals surface area contributed by atoms with Gasteiger partial charge >= 0.3 is 0 Å². The molecule has 0 unspecified atom stereocenters. The molecule has 5 heteroatoms. The zero-order valence-electron chi connectivity index (χ0n) is 13.5. The van der Waals surface area contributed by atoms with E-state index in [0.29, 0.717) is 16.9 Å². The molecule has 0 aliphatic rings. The average Bonchev–Trinajstić information content (AvgIpc) is 2.59. The summed E-state index contributed by atoms with van der Waals surface area (Å²) in [6.45, 7) is -0.0355. The number of Topliss-reactive ketones (excluding diaryl/α,β-unsaturated/α-hetero) is 1. The van der Waals surface area contributed by atoms with Gasteiger partial charge in [-0.15, -0.1) is 0 Å². The van der Waals surface area contributed by atoms with Crippen LogP contribution in [0.15, 0.2) is 48.5 Å². The lowest BCUT2D eigenvalue weighted by Gasteiger charge is -2.12. The van der Waals surface area contributed by atoms with Crippen LogP contribution in [0, 0.1) is 0 Å². The first kappa shape index (κ1) is 16.5. The van der Waals surface area contributed by atoms with Gasteiger partial charge in [-0.2, -0.15) is 0 Å². The van der Waals surface area contributed by atoms with Crippen LogP contribution < -0.4 is 15.0 Å². The van der Waals surface area contributed by atoms with Crippen LogP contribution in [0.5, 0.6) is 5.75 Å². The van der Waals surface area contributed by atoms with E-state index in [-0.39, 0.29) is 18.2 Å². The number of benzene rings is 2. The van der Waals surface area contributed by atoms with Crippen molar-refractivity contribution >= 4 is 17.4 Å². The highest BCUT2D eigenvalue weighted by molar-refractivity contribution is 6.02. The largest absolute Gasteiger partial charge is 0.497 e. The first-order valence-electron chi connectivity index (χ1n) is 7.24. The smallest absolute Gasteiger partial charge is 0.251 e. The number of nitrogens with one attached hydrogen (secondary N) is 1. The quantitative estimate of drug-likeness (QED) is 0.832. The standard InChI is InChI=1S/C18H20N2O3/c1-20(2)15-8-4-13(5-9-15)17(21)12-19-18(22)14-6-10-16(23-3)11-7-14/h4-11H,12H2,1-3H3,(H,19,22). The van der Waals surface area contributed by atoms with Gasteiger partial charge in [0.1, 0.15) is 5.75 Å². The number of ketones is 1. The SMILES string of the molecule is COc1ccc(C(=O)NCC(=O)c2ccc(N(C)C)cc2)cc1. The Labute approximate surface area is 135 Å². The predicted molar refractivity (Wildman–Crippen MR) is 90.4 cm³/mol. The third-order valence-electron chi connectivity index (χ3n) is 3.47. The van der Waals surface area contributed by atoms with E-state index in [0.717, 1.165) is 5.69 Å². The Morgan fingerprint density at radius 1 is 0.957 bits per heavy atom. The summed E-state index contributed by atoms with van der Waals surface area (Å²) in [5.74, 6) is 0.265. The summed E-state index contributed by atoms with van der Waals surface area (Å²) in [5.41, 5.74) is 2.08. The first-order valence-corrected chi connectivity index (χ1v) is 7.24. The van der Waals surface area contributed by atoms with Crippen LogP contribution in [-0.4, -0.2) is 39.4 Å². The highest BCUT2D eigenvalue weighted by atomic mass is 16.5. The summed E-state index contributed by atoms with van der Waals surface area (Å²) in [7, 11) is 5.44. The third kappa shape index (κ3) is 4.32. The molecule has 0 aromatic heterocycles. The predicted octanol–water partition coefficient (Wildman–Crippen LogP) is 2.37. The Kier molecular flexibility index (Phi) is 5.36. The zero-order chi connectivity index (χ0) is 16.8. The fraction of sp³-hybridized carbons (Fsp3) is 0.222. The van der Waals surface area contributed by atoms with E-state index < -0.39 is 0 Å². The second-order valence-electron chi connectivity index (χ2n) is 5.28. The van der Waals surface area contributed by atoms with Gasteiger partial charge in [0, 0.05) is 30.9 Å². The van der Waals surface area contributed by atoms with Gasteiger partial charge in [-0.05, 0) is 48.5 Å². The molecule has 0 aliphatic carbocycles. The normalized spacial score (nSPS) is 10.0. The molecule has 0 radical (unpaired) electrons. The van der Waals surface area contributed by atoms with E-state index in [9.17, 15) is 9.59 Å². The van der Waals surface area contributed by atoms with Crippen molar-refractivity contribution < 1.29 is 14.3 Å². The molecule has 0 bridgehead atoms. The molecule has 2 rings (SSSR count). The van der Waals surface area contributed by atoms with Gasteiger partial charge in [0.15, 0.2) is 5.78 Å². The first-order chi connectivity index (χ1) is 11.0.